The summed E-state index contributed by atoms with van der Waals surface area (Å²) in [5.41, 5.74) is 0.693. The number of carbonyl (C=O) groups excluding carboxylic acids is 3. The molecule has 2 heterocycles. The Kier molecular flexibility index (Phi) is 7.68. The van der Waals surface area contributed by atoms with Crippen molar-refractivity contribution in [2.45, 2.75) is 18.9 Å². The number of hydrogen-bond donors (Lipinski definition) is 5. The van der Waals surface area contributed by atoms with E-state index in [2.05, 4.69) is 25.9 Å². The van der Waals surface area contributed by atoms with E-state index in [0.717, 1.165) is 12.1 Å². The summed E-state index contributed by atoms with van der Waals surface area (Å²) in [6, 6.07) is 9.26. The van der Waals surface area contributed by atoms with Gasteiger partial charge in [0, 0.05) is 24.5 Å². The molecule has 11 nitrogen and oxygen atoms in total. The second-order valence-electron chi connectivity index (χ2n) is 8.22. The summed E-state index contributed by atoms with van der Waals surface area (Å²) in [4.78, 5) is 56.9. The number of anilines is 2. The molecule has 4 amide bonds. The SMILES string of the molecule is O=C(Nc1ccc(NC(=O)c2nc[nH]c2C(=O)NCC2CCCN2C(=O)O)cc1)c1ccc(F)cc1Cl. The second-order valence-corrected chi connectivity index (χ2v) is 8.63. The van der Waals surface area contributed by atoms with Crippen LogP contribution >= 0.6 is 11.6 Å². The van der Waals surface area contributed by atoms with Crippen LogP contribution in [0.3, 0.4) is 0 Å². The van der Waals surface area contributed by atoms with Crippen molar-refractivity contribution in [3.05, 3.63) is 76.6 Å². The van der Waals surface area contributed by atoms with Crippen molar-refractivity contribution < 1.29 is 28.7 Å². The van der Waals surface area contributed by atoms with Crippen LogP contribution in [0.4, 0.5) is 20.6 Å². The van der Waals surface area contributed by atoms with Crippen molar-refractivity contribution in [3.63, 3.8) is 0 Å². The summed E-state index contributed by atoms with van der Waals surface area (Å²) in [5.74, 6) is -2.32. The number of nitrogens with zero attached hydrogens (tertiary/aromatic N) is 2. The van der Waals surface area contributed by atoms with E-state index in [1.165, 1.54) is 29.4 Å². The van der Waals surface area contributed by atoms with Crippen LogP contribution in [0, 0.1) is 5.82 Å². The van der Waals surface area contributed by atoms with Crippen molar-refractivity contribution in [3.8, 4) is 0 Å². The van der Waals surface area contributed by atoms with Crippen LogP contribution in [0.2, 0.25) is 5.02 Å². The number of likely N-dealkylation sites (tertiary alicyclic amines) is 1. The molecule has 13 heteroatoms. The molecule has 1 aliphatic rings. The van der Waals surface area contributed by atoms with E-state index in [-0.39, 0.29) is 34.6 Å². The third kappa shape index (κ3) is 6.04. The minimum atomic E-state index is -1.04. The number of halogens is 2. The number of carbonyl (C=O) groups is 4. The summed E-state index contributed by atoms with van der Waals surface area (Å²) in [6.45, 7) is 0.525. The standard InChI is InChI=1S/C24H22ClFN6O5/c25-18-10-13(26)3-8-17(18)21(33)30-14-4-6-15(7-5-14)31-23(35)20-19(28-12-29-20)22(34)27-11-16-2-1-9-32(16)24(36)37/h3-8,10,12,16H,1-2,9,11H2,(H,27,34)(H,28,29)(H,30,33)(H,31,35)(H,36,37). The topological polar surface area (TPSA) is 157 Å². The largest absolute Gasteiger partial charge is 0.465 e. The molecule has 0 radical (unpaired) electrons. The third-order valence-corrected chi connectivity index (χ3v) is 6.09. The number of rotatable bonds is 7. The lowest BCUT2D eigenvalue weighted by Crippen LogP contribution is -2.42. The number of amides is 4. The fraction of sp³-hybridized carbons (Fsp3) is 0.208. The van der Waals surface area contributed by atoms with Gasteiger partial charge in [0.15, 0.2) is 5.69 Å². The monoisotopic (exact) mass is 528 g/mol. The van der Waals surface area contributed by atoms with Crippen LogP contribution in [0.25, 0.3) is 0 Å². The summed E-state index contributed by atoms with van der Waals surface area (Å²) in [6.07, 6.45) is 1.52. The first-order chi connectivity index (χ1) is 17.7. The number of benzene rings is 2. The average molecular weight is 529 g/mol. The van der Waals surface area contributed by atoms with Crippen molar-refractivity contribution in [2.75, 3.05) is 23.7 Å². The van der Waals surface area contributed by atoms with E-state index in [1.54, 1.807) is 12.1 Å². The third-order valence-electron chi connectivity index (χ3n) is 5.78. The molecule has 2 aromatic carbocycles. The Morgan fingerprint density at radius 3 is 2.38 bits per heavy atom. The summed E-state index contributed by atoms with van der Waals surface area (Å²) >= 11 is 5.92. The Morgan fingerprint density at radius 1 is 1.05 bits per heavy atom. The molecule has 5 N–H and O–H groups in total. The summed E-state index contributed by atoms with van der Waals surface area (Å²) in [5, 5.41) is 17.1. The zero-order chi connectivity index (χ0) is 26.5. The first-order valence-corrected chi connectivity index (χ1v) is 11.6. The van der Waals surface area contributed by atoms with Gasteiger partial charge in [-0.25, -0.2) is 14.2 Å². The van der Waals surface area contributed by atoms with Gasteiger partial charge < -0.3 is 30.9 Å². The molecule has 0 spiro atoms. The highest BCUT2D eigenvalue weighted by Crippen LogP contribution is 2.21. The zero-order valence-corrected chi connectivity index (χ0v) is 20.0. The molecule has 0 aliphatic carbocycles. The second kappa shape index (κ2) is 11.1. The highest BCUT2D eigenvalue weighted by Gasteiger charge is 2.29. The average Bonchev–Trinajstić information content (AvgIpc) is 3.54. The Bertz CT molecular complexity index is 1350. The normalized spacial score (nSPS) is 14.8. The lowest BCUT2D eigenvalue weighted by atomic mass is 10.2. The predicted molar refractivity (Wildman–Crippen MR) is 132 cm³/mol. The molecule has 1 atom stereocenters. The van der Waals surface area contributed by atoms with E-state index < -0.39 is 29.6 Å². The molecule has 1 aliphatic heterocycles. The molecule has 37 heavy (non-hydrogen) atoms. The lowest BCUT2D eigenvalue weighted by molar-refractivity contribution is 0.0919. The van der Waals surface area contributed by atoms with Crippen LogP contribution < -0.4 is 16.0 Å². The molecule has 1 aromatic heterocycles. The van der Waals surface area contributed by atoms with Gasteiger partial charge >= 0.3 is 6.09 Å². The minimum absolute atomic E-state index is 0.0253. The van der Waals surface area contributed by atoms with Gasteiger partial charge in [0.25, 0.3) is 17.7 Å². The van der Waals surface area contributed by atoms with E-state index in [9.17, 15) is 28.7 Å². The van der Waals surface area contributed by atoms with Crippen LogP contribution in [0.1, 0.15) is 44.2 Å². The Balaban J connectivity index is 1.35. The fourth-order valence-electron chi connectivity index (χ4n) is 3.94. The van der Waals surface area contributed by atoms with Crippen LogP contribution in [0.15, 0.2) is 48.8 Å². The van der Waals surface area contributed by atoms with Gasteiger partial charge in [-0.1, -0.05) is 11.6 Å². The van der Waals surface area contributed by atoms with Gasteiger partial charge in [0.05, 0.1) is 23.0 Å². The maximum Gasteiger partial charge on any atom is 0.407 e. The van der Waals surface area contributed by atoms with E-state index in [4.69, 9.17) is 11.6 Å². The molecule has 192 valence electrons. The first kappa shape index (κ1) is 25.6. The smallest absolute Gasteiger partial charge is 0.407 e. The maximum absolute atomic E-state index is 13.2. The van der Waals surface area contributed by atoms with E-state index in [0.29, 0.717) is 30.8 Å². The Labute approximate surface area is 215 Å². The molecular formula is C24H22ClFN6O5. The number of nitrogens with one attached hydrogen (secondary N) is 4. The van der Waals surface area contributed by atoms with Crippen molar-refractivity contribution in [1.82, 2.24) is 20.2 Å². The quantitative estimate of drug-likeness (QED) is 0.315. The number of hydrogen-bond acceptors (Lipinski definition) is 5. The van der Waals surface area contributed by atoms with E-state index >= 15 is 0 Å². The molecule has 1 unspecified atom stereocenters. The highest BCUT2D eigenvalue weighted by atomic mass is 35.5. The molecule has 0 saturated carbocycles. The number of imidazole rings is 1. The Hall–Kier alpha value is -4.45. The van der Waals surface area contributed by atoms with Crippen LogP contribution in [-0.2, 0) is 0 Å². The van der Waals surface area contributed by atoms with E-state index in [1.807, 2.05) is 0 Å². The van der Waals surface area contributed by atoms with Gasteiger partial charge in [0.1, 0.15) is 11.5 Å². The number of aromatic nitrogens is 2. The molecule has 0 bridgehead atoms. The molecular weight excluding hydrogens is 507 g/mol. The number of aromatic amines is 1. The zero-order valence-electron chi connectivity index (χ0n) is 19.3. The van der Waals surface area contributed by atoms with Crippen molar-refractivity contribution in [1.29, 1.82) is 0 Å². The minimum Gasteiger partial charge on any atom is -0.465 e. The van der Waals surface area contributed by atoms with Gasteiger partial charge in [-0.2, -0.15) is 0 Å². The molecule has 1 saturated heterocycles. The lowest BCUT2D eigenvalue weighted by Gasteiger charge is -2.21. The van der Waals surface area contributed by atoms with Crippen LogP contribution in [0.5, 0.6) is 0 Å². The van der Waals surface area contributed by atoms with Gasteiger partial charge in [-0.05, 0) is 55.3 Å². The number of H-pyrrole nitrogens is 1. The highest BCUT2D eigenvalue weighted by molar-refractivity contribution is 6.34. The first-order valence-electron chi connectivity index (χ1n) is 11.2. The van der Waals surface area contributed by atoms with Crippen LogP contribution in [-0.4, -0.2) is 62.9 Å². The van der Waals surface area contributed by atoms with Gasteiger partial charge in [-0.15, -0.1) is 0 Å². The van der Waals surface area contributed by atoms with Gasteiger partial charge in [-0.3, -0.25) is 14.4 Å². The molecule has 4 rings (SSSR count). The fourth-order valence-corrected chi connectivity index (χ4v) is 4.19. The van der Waals surface area contributed by atoms with Crippen molar-refractivity contribution in [2.24, 2.45) is 0 Å². The van der Waals surface area contributed by atoms with Crippen molar-refractivity contribution >= 4 is 46.8 Å². The molecule has 1 fully saturated rings. The molecule has 3 aromatic rings. The summed E-state index contributed by atoms with van der Waals surface area (Å²) in [7, 11) is 0. The summed E-state index contributed by atoms with van der Waals surface area (Å²) < 4.78 is 13.2. The van der Waals surface area contributed by atoms with Gasteiger partial charge in [0.2, 0.25) is 0 Å². The maximum atomic E-state index is 13.2. The number of carboxylic acid groups (broad SMARTS) is 1. The predicted octanol–water partition coefficient (Wildman–Crippen LogP) is 3.58. The Morgan fingerprint density at radius 2 is 1.73 bits per heavy atom.